The summed E-state index contributed by atoms with van der Waals surface area (Å²) in [5.41, 5.74) is 1.32. The highest BCUT2D eigenvalue weighted by Gasteiger charge is 2.32. The van der Waals surface area contributed by atoms with Gasteiger partial charge in [0.05, 0.1) is 25.1 Å². The van der Waals surface area contributed by atoms with E-state index in [0.29, 0.717) is 31.1 Å². The van der Waals surface area contributed by atoms with Gasteiger partial charge in [-0.05, 0) is 44.0 Å². The zero-order valence-corrected chi connectivity index (χ0v) is 15.2. The lowest BCUT2D eigenvalue weighted by atomic mass is 9.93. The number of nitrogens with zero attached hydrogens (tertiary/aromatic N) is 3. The number of aromatic nitrogens is 3. The first-order valence-corrected chi connectivity index (χ1v) is 8.69. The minimum Gasteiger partial charge on any atom is -0.497 e. The van der Waals surface area contributed by atoms with Crippen LogP contribution in [0.25, 0.3) is 5.69 Å². The highest BCUT2D eigenvalue weighted by molar-refractivity contribution is 5.95. The van der Waals surface area contributed by atoms with Crippen LogP contribution in [0.5, 0.6) is 5.75 Å². The SMILES string of the molecule is COc1ccc(-n2nnc(C(=O)NC(C(=O)O)C3CCCOC3)c2C)cc1. The van der Waals surface area contributed by atoms with Gasteiger partial charge in [-0.25, -0.2) is 9.48 Å². The van der Waals surface area contributed by atoms with Gasteiger partial charge >= 0.3 is 5.97 Å². The topological polar surface area (TPSA) is 116 Å². The van der Waals surface area contributed by atoms with Crippen LogP contribution < -0.4 is 10.1 Å². The molecule has 27 heavy (non-hydrogen) atoms. The molecule has 0 radical (unpaired) electrons. The molecular formula is C18H22N4O5. The molecule has 2 heterocycles. The number of amides is 1. The van der Waals surface area contributed by atoms with Crippen molar-refractivity contribution in [2.24, 2.45) is 5.92 Å². The molecule has 0 bridgehead atoms. The summed E-state index contributed by atoms with van der Waals surface area (Å²) < 4.78 is 12.0. The lowest BCUT2D eigenvalue weighted by Gasteiger charge is -2.27. The number of hydrogen-bond acceptors (Lipinski definition) is 6. The molecule has 1 amide bonds. The standard InChI is InChI=1S/C18H22N4O5/c1-11-15(20-21-22(11)13-5-7-14(26-2)8-6-13)17(23)19-16(18(24)25)12-4-3-9-27-10-12/h5-8,12,16H,3-4,9-10H2,1-2H3,(H,19,23)(H,24,25). The van der Waals surface area contributed by atoms with Crippen LogP contribution in [0.3, 0.4) is 0 Å². The van der Waals surface area contributed by atoms with Crippen LogP contribution in [0.4, 0.5) is 0 Å². The molecule has 1 saturated heterocycles. The number of nitrogens with one attached hydrogen (secondary N) is 1. The van der Waals surface area contributed by atoms with Crippen molar-refractivity contribution in [1.82, 2.24) is 20.3 Å². The maximum Gasteiger partial charge on any atom is 0.326 e. The van der Waals surface area contributed by atoms with E-state index in [2.05, 4.69) is 15.6 Å². The molecule has 3 rings (SSSR count). The van der Waals surface area contributed by atoms with E-state index in [1.54, 1.807) is 38.3 Å². The summed E-state index contributed by atoms with van der Waals surface area (Å²) in [6, 6.07) is 6.12. The average molecular weight is 374 g/mol. The number of carbonyl (C=O) groups is 2. The zero-order chi connectivity index (χ0) is 19.4. The minimum atomic E-state index is -1.08. The summed E-state index contributed by atoms with van der Waals surface area (Å²) in [5.74, 6) is -1.21. The number of ether oxygens (including phenoxy) is 2. The fourth-order valence-electron chi connectivity index (χ4n) is 3.13. The summed E-state index contributed by atoms with van der Waals surface area (Å²) in [4.78, 5) is 24.2. The second kappa shape index (κ2) is 8.17. The van der Waals surface area contributed by atoms with Crippen molar-refractivity contribution in [3.05, 3.63) is 35.7 Å². The third-order valence-corrected chi connectivity index (χ3v) is 4.65. The number of hydrogen-bond donors (Lipinski definition) is 2. The van der Waals surface area contributed by atoms with Crippen molar-refractivity contribution >= 4 is 11.9 Å². The molecular weight excluding hydrogens is 352 g/mol. The van der Waals surface area contributed by atoms with Crippen LogP contribution in [0.1, 0.15) is 29.0 Å². The highest BCUT2D eigenvalue weighted by Crippen LogP contribution is 2.20. The van der Waals surface area contributed by atoms with Crippen molar-refractivity contribution in [3.63, 3.8) is 0 Å². The minimum absolute atomic E-state index is 0.0915. The molecule has 1 fully saturated rings. The monoisotopic (exact) mass is 374 g/mol. The molecule has 0 aliphatic carbocycles. The number of carbonyl (C=O) groups excluding carboxylic acids is 1. The molecule has 2 unspecified atom stereocenters. The van der Waals surface area contributed by atoms with Crippen LogP contribution in [0.15, 0.2) is 24.3 Å². The summed E-state index contributed by atoms with van der Waals surface area (Å²) >= 11 is 0. The van der Waals surface area contributed by atoms with E-state index in [0.717, 1.165) is 12.1 Å². The van der Waals surface area contributed by atoms with E-state index >= 15 is 0 Å². The molecule has 2 N–H and O–H groups in total. The number of carboxylic acid groups (broad SMARTS) is 1. The predicted molar refractivity (Wildman–Crippen MR) is 95.1 cm³/mol. The van der Waals surface area contributed by atoms with Gasteiger partial charge in [0.25, 0.3) is 5.91 Å². The Balaban J connectivity index is 1.78. The zero-order valence-electron chi connectivity index (χ0n) is 15.2. The second-order valence-corrected chi connectivity index (χ2v) is 6.40. The van der Waals surface area contributed by atoms with E-state index in [1.807, 2.05) is 0 Å². The molecule has 2 atom stereocenters. The second-order valence-electron chi connectivity index (χ2n) is 6.40. The smallest absolute Gasteiger partial charge is 0.326 e. The Morgan fingerprint density at radius 3 is 2.70 bits per heavy atom. The molecule has 1 aliphatic rings. The third-order valence-electron chi connectivity index (χ3n) is 4.65. The Kier molecular flexibility index (Phi) is 5.70. The van der Waals surface area contributed by atoms with Gasteiger partial charge < -0.3 is 19.9 Å². The van der Waals surface area contributed by atoms with Crippen LogP contribution in [-0.2, 0) is 9.53 Å². The Morgan fingerprint density at radius 1 is 1.37 bits per heavy atom. The third kappa shape index (κ3) is 4.08. The lowest BCUT2D eigenvalue weighted by molar-refractivity contribution is -0.142. The number of benzene rings is 1. The van der Waals surface area contributed by atoms with Gasteiger partial charge in [-0.2, -0.15) is 0 Å². The fraction of sp³-hybridized carbons (Fsp3) is 0.444. The van der Waals surface area contributed by atoms with Gasteiger partial charge in [0.15, 0.2) is 5.69 Å². The first-order chi connectivity index (χ1) is 13.0. The van der Waals surface area contributed by atoms with Gasteiger partial charge in [0, 0.05) is 12.5 Å². The quantitative estimate of drug-likeness (QED) is 0.780. The predicted octanol–water partition coefficient (Wildman–Crippen LogP) is 1.19. The maximum atomic E-state index is 12.6. The van der Waals surface area contributed by atoms with Crippen LogP contribution in [0, 0.1) is 12.8 Å². The fourth-order valence-corrected chi connectivity index (χ4v) is 3.13. The molecule has 9 nitrogen and oxygen atoms in total. The molecule has 1 aromatic heterocycles. The molecule has 9 heteroatoms. The molecule has 0 spiro atoms. The number of carboxylic acids is 1. The first kappa shape index (κ1) is 18.8. The Hall–Kier alpha value is -2.94. The van der Waals surface area contributed by atoms with E-state index in [4.69, 9.17) is 9.47 Å². The van der Waals surface area contributed by atoms with E-state index in [9.17, 15) is 14.7 Å². The summed E-state index contributed by atoms with van der Waals surface area (Å²) in [7, 11) is 1.58. The molecule has 2 aromatic rings. The van der Waals surface area contributed by atoms with Crippen LogP contribution in [-0.4, -0.2) is 58.3 Å². The molecule has 0 saturated carbocycles. The Bertz CT molecular complexity index is 812. The van der Waals surface area contributed by atoms with Gasteiger partial charge in [-0.3, -0.25) is 4.79 Å². The number of methoxy groups -OCH3 is 1. The van der Waals surface area contributed by atoms with Crippen LogP contribution >= 0.6 is 0 Å². The number of aliphatic carboxylic acids is 1. The van der Waals surface area contributed by atoms with Crippen molar-refractivity contribution < 1.29 is 24.2 Å². The van der Waals surface area contributed by atoms with Crippen molar-refractivity contribution in [3.8, 4) is 11.4 Å². The first-order valence-electron chi connectivity index (χ1n) is 8.69. The average Bonchev–Trinajstić information content (AvgIpc) is 3.08. The largest absolute Gasteiger partial charge is 0.497 e. The van der Waals surface area contributed by atoms with Gasteiger partial charge in [-0.1, -0.05) is 5.21 Å². The van der Waals surface area contributed by atoms with E-state index in [1.165, 1.54) is 4.68 Å². The maximum absolute atomic E-state index is 12.6. The molecule has 1 aliphatic heterocycles. The van der Waals surface area contributed by atoms with Crippen molar-refractivity contribution in [1.29, 1.82) is 0 Å². The normalized spacial score (nSPS) is 17.9. The van der Waals surface area contributed by atoms with E-state index < -0.39 is 17.9 Å². The Labute approximate surface area is 156 Å². The lowest BCUT2D eigenvalue weighted by Crippen LogP contribution is -2.48. The van der Waals surface area contributed by atoms with E-state index in [-0.39, 0.29) is 11.6 Å². The Morgan fingerprint density at radius 2 is 2.11 bits per heavy atom. The molecule has 1 aromatic carbocycles. The summed E-state index contributed by atoms with van der Waals surface area (Å²) in [5, 5.41) is 20.0. The van der Waals surface area contributed by atoms with Crippen LogP contribution in [0.2, 0.25) is 0 Å². The summed E-state index contributed by atoms with van der Waals surface area (Å²) in [6.07, 6.45) is 1.46. The number of rotatable bonds is 6. The van der Waals surface area contributed by atoms with Gasteiger partial charge in [0.2, 0.25) is 0 Å². The van der Waals surface area contributed by atoms with Crippen molar-refractivity contribution in [2.75, 3.05) is 20.3 Å². The van der Waals surface area contributed by atoms with Gasteiger partial charge in [0.1, 0.15) is 11.8 Å². The highest BCUT2D eigenvalue weighted by atomic mass is 16.5. The van der Waals surface area contributed by atoms with Crippen molar-refractivity contribution in [2.45, 2.75) is 25.8 Å². The summed E-state index contributed by atoms with van der Waals surface area (Å²) in [6.45, 7) is 2.64. The van der Waals surface area contributed by atoms with Gasteiger partial charge in [-0.15, -0.1) is 5.10 Å². The molecule has 144 valence electrons.